The molecule has 47 heavy (non-hydrogen) atoms. The number of benzene rings is 4. The zero-order valence-electron chi connectivity index (χ0n) is 26.0. The van der Waals surface area contributed by atoms with Crippen molar-refractivity contribution in [2.45, 2.75) is 26.5 Å². The first kappa shape index (κ1) is 33.7. The summed E-state index contributed by atoms with van der Waals surface area (Å²) in [4.78, 5) is 25.5. The molecule has 0 unspecified atom stereocenters. The van der Waals surface area contributed by atoms with Crippen molar-refractivity contribution in [2.24, 2.45) is 5.10 Å². The predicted molar refractivity (Wildman–Crippen MR) is 193 cm³/mol. The summed E-state index contributed by atoms with van der Waals surface area (Å²) < 4.78 is 23.7. The van der Waals surface area contributed by atoms with Crippen LogP contribution in [0.3, 0.4) is 0 Å². The summed E-state index contributed by atoms with van der Waals surface area (Å²) in [5.74, 6) is 0.619. The highest BCUT2D eigenvalue weighted by atomic mass is 127. The number of carbonyl (C=O) groups excluding carboxylic acids is 2. The van der Waals surface area contributed by atoms with Crippen LogP contribution < -0.4 is 30.3 Å². The fourth-order valence-corrected chi connectivity index (χ4v) is 6.10. The molecule has 1 heterocycles. The Kier molecular flexibility index (Phi) is 11.3. The first-order chi connectivity index (χ1) is 22.8. The molecule has 10 nitrogen and oxygen atoms in total. The molecular formula is C35H33IN4O6S. The van der Waals surface area contributed by atoms with Gasteiger partial charge in [-0.2, -0.15) is 5.10 Å². The third-order valence-corrected chi connectivity index (χ3v) is 8.23. The second-order valence-electron chi connectivity index (χ2n) is 10.4. The van der Waals surface area contributed by atoms with E-state index in [4.69, 9.17) is 31.2 Å². The second-order valence-corrected chi connectivity index (χ2v) is 12.0. The van der Waals surface area contributed by atoms with Gasteiger partial charge in [0, 0.05) is 11.3 Å². The number of methoxy groups -OCH3 is 1. The number of para-hydroxylation sites is 1. The predicted octanol–water partition coefficient (Wildman–Crippen LogP) is 5.92. The first-order valence-corrected chi connectivity index (χ1v) is 16.2. The molecule has 0 saturated heterocycles. The Balaban J connectivity index is 1.21. The maximum Gasteiger partial charge on any atom is 0.338 e. The van der Waals surface area contributed by atoms with E-state index in [-0.39, 0.29) is 13.2 Å². The minimum atomic E-state index is -0.628. The van der Waals surface area contributed by atoms with Crippen LogP contribution in [0, 0.1) is 3.57 Å². The number of fused-ring (bicyclic) bond motifs is 1. The van der Waals surface area contributed by atoms with Crippen molar-refractivity contribution in [2.75, 3.05) is 20.3 Å². The van der Waals surface area contributed by atoms with Gasteiger partial charge in [-0.3, -0.25) is 4.79 Å². The van der Waals surface area contributed by atoms with E-state index in [2.05, 4.69) is 68.0 Å². The summed E-state index contributed by atoms with van der Waals surface area (Å²) in [7, 11) is 1.58. The zero-order chi connectivity index (χ0) is 33.3. The summed E-state index contributed by atoms with van der Waals surface area (Å²) in [6.45, 7) is 3.78. The molecule has 4 aromatic carbocycles. The van der Waals surface area contributed by atoms with E-state index in [9.17, 15) is 9.59 Å². The van der Waals surface area contributed by atoms with Crippen molar-refractivity contribution in [3.05, 3.63) is 110 Å². The molecule has 0 fully saturated rings. The lowest BCUT2D eigenvalue weighted by Gasteiger charge is -2.30. The molecule has 0 radical (unpaired) electrons. The van der Waals surface area contributed by atoms with Crippen LogP contribution in [0.1, 0.15) is 36.6 Å². The normalized spacial score (nSPS) is 14.4. The number of carbonyl (C=O) groups is 2. The number of nitrogens with one attached hydrogen (secondary N) is 3. The molecule has 0 saturated carbocycles. The Morgan fingerprint density at radius 3 is 2.55 bits per heavy atom. The van der Waals surface area contributed by atoms with Gasteiger partial charge in [0.1, 0.15) is 12.4 Å². The number of hydrogen-bond donors (Lipinski definition) is 3. The highest BCUT2D eigenvalue weighted by molar-refractivity contribution is 14.1. The Morgan fingerprint density at radius 2 is 1.77 bits per heavy atom. The van der Waals surface area contributed by atoms with Gasteiger partial charge in [0.25, 0.3) is 5.91 Å². The van der Waals surface area contributed by atoms with Gasteiger partial charge >= 0.3 is 5.97 Å². The number of allylic oxidation sites excluding steroid dienone is 1. The number of nitrogens with zero attached hydrogens (tertiary/aromatic N) is 1. The maximum absolute atomic E-state index is 12.8. The van der Waals surface area contributed by atoms with E-state index < -0.39 is 17.9 Å². The minimum Gasteiger partial charge on any atom is -0.493 e. The van der Waals surface area contributed by atoms with Crippen molar-refractivity contribution in [1.82, 2.24) is 16.1 Å². The van der Waals surface area contributed by atoms with Gasteiger partial charge in [-0.05, 0) is 94.8 Å². The Labute approximate surface area is 291 Å². The van der Waals surface area contributed by atoms with Crippen molar-refractivity contribution in [1.29, 1.82) is 0 Å². The van der Waals surface area contributed by atoms with Crippen LogP contribution >= 0.6 is 34.8 Å². The van der Waals surface area contributed by atoms with Gasteiger partial charge < -0.3 is 29.6 Å². The number of amides is 1. The van der Waals surface area contributed by atoms with Gasteiger partial charge in [0.15, 0.2) is 23.2 Å². The molecule has 1 aliphatic rings. The lowest BCUT2D eigenvalue weighted by Crippen LogP contribution is -2.45. The zero-order valence-corrected chi connectivity index (χ0v) is 28.9. The summed E-state index contributed by atoms with van der Waals surface area (Å²) in [5.41, 5.74) is 5.82. The molecule has 5 rings (SSSR count). The highest BCUT2D eigenvalue weighted by Crippen LogP contribution is 2.35. The van der Waals surface area contributed by atoms with Crippen molar-refractivity contribution >= 4 is 68.8 Å². The van der Waals surface area contributed by atoms with E-state index in [1.807, 2.05) is 30.3 Å². The molecule has 0 aliphatic carbocycles. The number of esters is 1. The number of hydrazone groups is 1. The topological polar surface area (TPSA) is 120 Å². The van der Waals surface area contributed by atoms with Crippen LogP contribution in [0.25, 0.3) is 10.8 Å². The number of halogens is 1. The summed E-state index contributed by atoms with van der Waals surface area (Å²) in [6, 6.07) is 24.6. The van der Waals surface area contributed by atoms with Gasteiger partial charge in [0.05, 0.1) is 35.1 Å². The van der Waals surface area contributed by atoms with Crippen molar-refractivity contribution in [3.63, 3.8) is 0 Å². The quantitative estimate of drug-likeness (QED) is 0.0532. The lowest BCUT2D eigenvalue weighted by molar-refractivity contribution is -0.139. The molecule has 4 aromatic rings. The summed E-state index contributed by atoms with van der Waals surface area (Å²) in [6.07, 6.45) is 1.52. The second kappa shape index (κ2) is 15.7. The largest absolute Gasteiger partial charge is 0.493 e. The van der Waals surface area contributed by atoms with E-state index >= 15 is 0 Å². The monoisotopic (exact) mass is 764 g/mol. The van der Waals surface area contributed by atoms with E-state index in [0.717, 1.165) is 14.5 Å². The average Bonchev–Trinajstić information content (AvgIpc) is 3.06. The average molecular weight is 765 g/mol. The Bertz CT molecular complexity index is 1880. The molecular weight excluding hydrogens is 731 g/mol. The first-order valence-electron chi connectivity index (χ1n) is 14.7. The molecule has 1 aliphatic heterocycles. The van der Waals surface area contributed by atoms with Crippen LogP contribution in [0.2, 0.25) is 0 Å². The molecule has 0 bridgehead atoms. The van der Waals surface area contributed by atoms with Crippen molar-refractivity contribution < 1.29 is 28.5 Å². The molecule has 1 atom stereocenters. The SMILES string of the molecule is CCOC(=O)C1=C(C)NC(=S)N[C@@H]1c1ccccc1OCC(=O)NN=Cc1cc(I)c(OCc2ccc3ccccc3c2)c(OC)c1. The number of hydrogen-bond acceptors (Lipinski definition) is 8. The third kappa shape index (κ3) is 8.37. The molecule has 3 N–H and O–H groups in total. The molecule has 12 heteroatoms. The standard InChI is InChI=1S/C35H33IN4O6S/c1-4-44-34(42)31-21(2)38-35(47)39-32(31)26-11-7-8-12-28(26)45-20-30(41)40-37-18-23-16-27(36)33(29(17-23)43-3)46-19-22-13-14-24-9-5-6-10-25(24)15-22/h5-18,32H,4,19-20H2,1-3H3,(H,40,41)(H2,38,39,47)/t32-/m1/s1. The third-order valence-electron chi connectivity index (χ3n) is 7.20. The molecule has 0 spiro atoms. The van der Waals surface area contributed by atoms with Crippen LogP contribution in [0.15, 0.2) is 95.2 Å². The number of rotatable bonds is 12. The van der Waals surface area contributed by atoms with Gasteiger partial charge in [-0.1, -0.05) is 54.6 Å². The van der Waals surface area contributed by atoms with Crippen molar-refractivity contribution in [3.8, 4) is 17.2 Å². The van der Waals surface area contributed by atoms with Crippen LogP contribution in [0.4, 0.5) is 0 Å². The summed E-state index contributed by atoms with van der Waals surface area (Å²) >= 11 is 7.52. The Hall–Kier alpha value is -4.69. The van der Waals surface area contributed by atoms with Gasteiger partial charge in [-0.15, -0.1) is 0 Å². The Morgan fingerprint density at radius 1 is 1.00 bits per heavy atom. The van der Waals surface area contributed by atoms with Crippen LogP contribution in [0.5, 0.6) is 17.2 Å². The van der Waals surface area contributed by atoms with Crippen LogP contribution in [-0.2, 0) is 20.9 Å². The minimum absolute atomic E-state index is 0.224. The van der Waals surface area contributed by atoms with Crippen LogP contribution in [-0.4, -0.2) is 43.5 Å². The lowest BCUT2D eigenvalue weighted by atomic mass is 9.95. The van der Waals surface area contributed by atoms with Gasteiger partial charge in [0.2, 0.25) is 0 Å². The van der Waals surface area contributed by atoms with E-state index in [1.54, 1.807) is 45.2 Å². The fourth-order valence-electron chi connectivity index (χ4n) is 5.05. The fraction of sp³-hybridized carbons (Fsp3) is 0.200. The smallest absolute Gasteiger partial charge is 0.338 e. The van der Waals surface area contributed by atoms with E-state index in [1.165, 1.54) is 11.6 Å². The highest BCUT2D eigenvalue weighted by Gasteiger charge is 2.32. The van der Waals surface area contributed by atoms with E-state index in [0.29, 0.717) is 51.4 Å². The summed E-state index contributed by atoms with van der Waals surface area (Å²) in [5, 5.41) is 12.9. The molecule has 242 valence electrons. The number of ether oxygens (including phenoxy) is 4. The maximum atomic E-state index is 12.8. The van der Waals surface area contributed by atoms with Gasteiger partial charge in [-0.25, -0.2) is 10.2 Å². The molecule has 0 aromatic heterocycles. The molecule has 1 amide bonds. The number of thiocarbonyl (C=S) groups is 1.